The first-order valence-electron chi connectivity index (χ1n) is 6.40. The third kappa shape index (κ3) is 3.12. The van der Waals surface area contributed by atoms with Gasteiger partial charge in [0.15, 0.2) is 5.69 Å². The minimum absolute atomic E-state index is 0.326. The van der Waals surface area contributed by atoms with Crippen molar-refractivity contribution in [2.75, 3.05) is 0 Å². The van der Waals surface area contributed by atoms with Gasteiger partial charge in [0.2, 0.25) is 0 Å². The molecular formula is C15H18N4O. The molecule has 1 heterocycles. The monoisotopic (exact) mass is 270 g/mol. The van der Waals surface area contributed by atoms with Gasteiger partial charge in [-0.25, -0.2) is 5.43 Å². The van der Waals surface area contributed by atoms with Crippen molar-refractivity contribution in [1.82, 2.24) is 15.6 Å². The van der Waals surface area contributed by atoms with Crippen LogP contribution in [0.25, 0.3) is 0 Å². The fourth-order valence-corrected chi connectivity index (χ4v) is 2.14. The van der Waals surface area contributed by atoms with Crippen LogP contribution in [0.2, 0.25) is 0 Å². The van der Waals surface area contributed by atoms with Gasteiger partial charge < -0.3 is 0 Å². The van der Waals surface area contributed by atoms with E-state index < -0.39 is 0 Å². The first-order chi connectivity index (χ1) is 9.47. The predicted molar refractivity (Wildman–Crippen MR) is 79.0 cm³/mol. The average Bonchev–Trinajstić information content (AvgIpc) is 2.79. The van der Waals surface area contributed by atoms with Gasteiger partial charge >= 0.3 is 0 Å². The molecule has 5 heteroatoms. The zero-order valence-electron chi connectivity index (χ0n) is 12.1. The minimum atomic E-state index is -0.326. The van der Waals surface area contributed by atoms with Crippen molar-refractivity contribution in [2.24, 2.45) is 5.10 Å². The lowest BCUT2D eigenvalue weighted by molar-refractivity contribution is 0.0950. The van der Waals surface area contributed by atoms with E-state index in [1.54, 1.807) is 12.3 Å². The Morgan fingerprint density at radius 1 is 1.20 bits per heavy atom. The van der Waals surface area contributed by atoms with E-state index in [0.717, 1.165) is 22.4 Å². The summed E-state index contributed by atoms with van der Waals surface area (Å²) in [5.41, 5.74) is 8.15. The second kappa shape index (κ2) is 5.69. The number of rotatable bonds is 3. The van der Waals surface area contributed by atoms with Crippen LogP contribution in [0.15, 0.2) is 23.3 Å². The molecule has 20 heavy (non-hydrogen) atoms. The molecule has 0 unspecified atom stereocenters. The lowest BCUT2D eigenvalue weighted by Gasteiger charge is -2.06. The fourth-order valence-electron chi connectivity index (χ4n) is 2.14. The lowest BCUT2D eigenvalue weighted by atomic mass is 10.0. The highest BCUT2D eigenvalue weighted by molar-refractivity contribution is 5.93. The summed E-state index contributed by atoms with van der Waals surface area (Å²) in [6, 6.07) is 5.85. The fraction of sp³-hybridized carbons (Fsp3) is 0.267. The number of benzene rings is 1. The molecule has 0 fully saturated rings. The maximum atomic E-state index is 11.8. The van der Waals surface area contributed by atoms with Crippen molar-refractivity contribution in [3.05, 3.63) is 51.8 Å². The van der Waals surface area contributed by atoms with E-state index in [4.69, 9.17) is 0 Å². The quantitative estimate of drug-likeness (QED) is 0.664. The predicted octanol–water partition coefficient (Wildman–Crippen LogP) is 2.41. The van der Waals surface area contributed by atoms with Gasteiger partial charge in [-0.2, -0.15) is 10.2 Å². The summed E-state index contributed by atoms with van der Waals surface area (Å²) in [5, 5.41) is 10.6. The number of amides is 1. The Morgan fingerprint density at radius 3 is 2.40 bits per heavy atom. The van der Waals surface area contributed by atoms with Gasteiger partial charge in [0.05, 0.1) is 6.21 Å². The molecule has 0 saturated heterocycles. The van der Waals surface area contributed by atoms with Gasteiger partial charge in [-0.05, 0) is 44.9 Å². The normalized spacial score (nSPS) is 11.0. The molecule has 0 aliphatic heterocycles. The maximum absolute atomic E-state index is 11.8. The molecule has 1 aromatic carbocycles. The zero-order valence-corrected chi connectivity index (χ0v) is 12.1. The summed E-state index contributed by atoms with van der Waals surface area (Å²) < 4.78 is 0. The van der Waals surface area contributed by atoms with Crippen LogP contribution in [0.3, 0.4) is 0 Å². The van der Waals surface area contributed by atoms with Gasteiger partial charge in [-0.3, -0.25) is 9.89 Å². The van der Waals surface area contributed by atoms with E-state index in [1.807, 2.05) is 20.8 Å². The molecule has 0 bridgehead atoms. The summed E-state index contributed by atoms with van der Waals surface area (Å²) in [4.78, 5) is 11.8. The number of carbonyl (C=O) groups excluding carboxylic acids is 1. The Bertz CT molecular complexity index is 647. The molecule has 0 saturated carbocycles. The third-order valence-electron chi connectivity index (χ3n) is 3.04. The largest absolute Gasteiger partial charge is 0.291 e. The van der Waals surface area contributed by atoms with Gasteiger partial charge in [0.1, 0.15) is 0 Å². The SMILES string of the molecule is Cc1cc(C)c(C=NNC(=O)c2cc(C)[nH]n2)c(C)c1. The summed E-state index contributed by atoms with van der Waals surface area (Å²) in [6.07, 6.45) is 1.67. The van der Waals surface area contributed by atoms with Crippen LogP contribution in [-0.2, 0) is 0 Å². The van der Waals surface area contributed by atoms with Gasteiger partial charge in [-0.1, -0.05) is 17.7 Å². The highest BCUT2D eigenvalue weighted by Gasteiger charge is 2.07. The highest BCUT2D eigenvalue weighted by Crippen LogP contribution is 2.14. The van der Waals surface area contributed by atoms with Crippen molar-refractivity contribution >= 4 is 12.1 Å². The van der Waals surface area contributed by atoms with Crippen LogP contribution in [0.5, 0.6) is 0 Å². The smallest absolute Gasteiger partial charge is 0.282 e. The molecule has 0 atom stereocenters. The second-order valence-electron chi connectivity index (χ2n) is 4.95. The van der Waals surface area contributed by atoms with E-state index >= 15 is 0 Å². The maximum Gasteiger partial charge on any atom is 0.291 e. The molecular weight excluding hydrogens is 252 g/mol. The van der Waals surface area contributed by atoms with Crippen LogP contribution < -0.4 is 5.43 Å². The van der Waals surface area contributed by atoms with E-state index in [0.29, 0.717) is 5.69 Å². The standard InChI is InChI=1S/C15H18N4O/c1-9-5-10(2)13(11(3)6-9)8-16-19-15(20)14-7-12(4)17-18-14/h5-8H,1-4H3,(H,17,18)(H,19,20). The van der Waals surface area contributed by atoms with Crippen molar-refractivity contribution in [2.45, 2.75) is 27.7 Å². The Balaban J connectivity index is 2.09. The number of nitrogens with one attached hydrogen (secondary N) is 2. The van der Waals surface area contributed by atoms with Gasteiger partial charge in [0.25, 0.3) is 5.91 Å². The van der Waals surface area contributed by atoms with E-state index in [2.05, 4.69) is 39.8 Å². The lowest BCUT2D eigenvalue weighted by Crippen LogP contribution is -2.18. The van der Waals surface area contributed by atoms with Crippen molar-refractivity contribution < 1.29 is 4.79 Å². The molecule has 0 aliphatic rings. The Kier molecular flexibility index (Phi) is 3.98. The van der Waals surface area contributed by atoms with Crippen molar-refractivity contribution in [1.29, 1.82) is 0 Å². The molecule has 2 N–H and O–H groups in total. The van der Waals surface area contributed by atoms with Crippen LogP contribution >= 0.6 is 0 Å². The van der Waals surface area contributed by atoms with Crippen molar-refractivity contribution in [3.8, 4) is 0 Å². The number of aromatic nitrogens is 2. The Morgan fingerprint density at radius 2 is 1.85 bits per heavy atom. The van der Waals surface area contributed by atoms with E-state index in [-0.39, 0.29) is 5.91 Å². The number of carbonyl (C=O) groups is 1. The van der Waals surface area contributed by atoms with Crippen LogP contribution in [-0.4, -0.2) is 22.3 Å². The number of aromatic amines is 1. The molecule has 0 radical (unpaired) electrons. The van der Waals surface area contributed by atoms with Gasteiger partial charge in [-0.15, -0.1) is 0 Å². The molecule has 2 aromatic rings. The second-order valence-corrected chi connectivity index (χ2v) is 4.95. The molecule has 0 spiro atoms. The third-order valence-corrected chi connectivity index (χ3v) is 3.04. The number of hydrogen-bond donors (Lipinski definition) is 2. The minimum Gasteiger partial charge on any atom is -0.282 e. The summed E-state index contributed by atoms with van der Waals surface area (Å²) in [5.74, 6) is -0.326. The number of hydrazone groups is 1. The van der Waals surface area contributed by atoms with Gasteiger partial charge in [0, 0.05) is 11.3 Å². The molecule has 1 aromatic heterocycles. The number of hydrogen-bond acceptors (Lipinski definition) is 3. The number of H-pyrrole nitrogens is 1. The number of nitrogens with zero attached hydrogens (tertiary/aromatic N) is 2. The molecule has 5 nitrogen and oxygen atoms in total. The first-order valence-corrected chi connectivity index (χ1v) is 6.40. The van der Waals surface area contributed by atoms with Crippen molar-refractivity contribution in [3.63, 3.8) is 0 Å². The number of aryl methyl sites for hydroxylation is 4. The van der Waals surface area contributed by atoms with Crippen LogP contribution in [0.1, 0.15) is 38.4 Å². The Labute approximate surface area is 118 Å². The first kappa shape index (κ1) is 14.0. The summed E-state index contributed by atoms with van der Waals surface area (Å²) in [6.45, 7) is 7.95. The van der Waals surface area contributed by atoms with Crippen LogP contribution in [0.4, 0.5) is 0 Å². The summed E-state index contributed by atoms with van der Waals surface area (Å²) in [7, 11) is 0. The zero-order chi connectivity index (χ0) is 14.7. The molecule has 1 amide bonds. The van der Waals surface area contributed by atoms with Crippen LogP contribution in [0, 0.1) is 27.7 Å². The molecule has 104 valence electrons. The molecule has 0 aliphatic carbocycles. The molecule has 2 rings (SSSR count). The summed E-state index contributed by atoms with van der Waals surface area (Å²) >= 11 is 0. The topological polar surface area (TPSA) is 70.1 Å². The van der Waals surface area contributed by atoms with E-state index in [9.17, 15) is 4.79 Å². The van der Waals surface area contributed by atoms with E-state index in [1.165, 1.54) is 5.56 Å². The Hall–Kier alpha value is -2.43. The highest BCUT2D eigenvalue weighted by atomic mass is 16.2. The average molecular weight is 270 g/mol.